The number of benzene rings is 1. The highest BCUT2D eigenvalue weighted by molar-refractivity contribution is 6.21. The van der Waals surface area contributed by atoms with Gasteiger partial charge in [0.15, 0.2) is 12.5 Å². The van der Waals surface area contributed by atoms with Gasteiger partial charge in [0, 0.05) is 12.3 Å². The summed E-state index contributed by atoms with van der Waals surface area (Å²) in [5.41, 5.74) is 0.575. The predicted molar refractivity (Wildman–Crippen MR) is 97.5 cm³/mol. The molecule has 0 atom stereocenters. The molecule has 1 saturated carbocycles. The summed E-state index contributed by atoms with van der Waals surface area (Å²) in [7, 11) is 0. The summed E-state index contributed by atoms with van der Waals surface area (Å²) in [5.74, 6) is 0.830. The van der Waals surface area contributed by atoms with Crippen molar-refractivity contribution in [1.82, 2.24) is 4.90 Å². The number of Topliss-reactive ketones (excluding diaryl/α,β-unsaturated/α-hetero) is 1. The van der Waals surface area contributed by atoms with Gasteiger partial charge in [-0.2, -0.15) is 0 Å². The summed E-state index contributed by atoms with van der Waals surface area (Å²) in [5, 5.41) is 0. The van der Waals surface area contributed by atoms with E-state index in [-0.39, 0.29) is 24.3 Å². The van der Waals surface area contributed by atoms with Crippen molar-refractivity contribution >= 4 is 17.3 Å². The number of hydrogen-bond acceptors (Lipinski definition) is 3. The Morgan fingerprint density at radius 2 is 1.84 bits per heavy atom. The van der Waals surface area contributed by atoms with Crippen molar-refractivity contribution in [3.05, 3.63) is 41.7 Å². The van der Waals surface area contributed by atoms with Gasteiger partial charge in [0.05, 0.1) is 11.1 Å². The van der Waals surface area contributed by atoms with Gasteiger partial charge in [-0.05, 0) is 32.3 Å². The van der Waals surface area contributed by atoms with E-state index in [0.29, 0.717) is 17.8 Å². The van der Waals surface area contributed by atoms with Crippen molar-refractivity contribution in [2.45, 2.75) is 58.4 Å². The van der Waals surface area contributed by atoms with E-state index in [1.807, 2.05) is 51.1 Å². The molecule has 4 heteroatoms. The Labute approximate surface area is 149 Å². The van der Waals surface area contributed by atoms with Crippen LogP contribution in [0, 0.1) is 5.92 Å². The van der Waals surface area contributed by atoms with Crippen LogP contribution in [0.15, 0.2) is 36.1 Å². The highest BCUT2D eigenvalue weighted by Crippen LogP contribution is 2.36. The third kappa shape index (κ3) is 3.22. The van der Waals surface area contributed by atoms with Crippen LogP contribution in [0.3, 0.4) is 0 Å². The highest BCUT2D eigenvalue weighted by Gasteiger charge is 2.44. The van der Waals surface area contributed by atoms with Crippen molar-refractivity contribution < 1.29 is 14.3 Å². The number of ether oxygens (including phenoxy) is 1. The van der Waals surface area contributed by atoms with Crippen LogP contribution >= 0.6 is 0 Å². The van der Waals surface area contributed by atoms with Crippen molar-refractivity contribution in [3.63, 3.8) is 0 Å². The molecule has 3 rings (SSSR count). The lowest BCUT2D eigenvalue weighted by Crippen LogP contribution is -2.57. The smallest absolute Gasteiger partial charge is 0.261 e. The summed E-state index contributed by atoms with van der Waals surface area (Å²) < 4.78 is 5.91. The summed E-state index contributed by atoms with van der Waals surface area (Å²) in [6.45, 7) is 5.84. The second kappa shape index (κ2) is 7.03. The third-order valence-corrected chi connectivity index (χ3v) is 5.49. The van der Waals surface area contributed by atoms with E-state index in [1.165, 1.54) is 0 Å². The van der Waals surface area contributed by atoms with Gasteiger partial charge >= 0.3 is 0 Å². The van der Waals surface area contributed by atoms with Gasteiger partial charge in [-0.3, -0.25) is 14.5 Å². The number of carbonyl (C=O) groups is 2. The maximum atomic E-state index is 13.3. The average molecular weight is 341 g/mol. The van der Waals surface area contributed by atoms with Crippen LogP contribution < -0.4 is 0 Å². The number of ketones is 1. The average Bonchev–Trinajstić information content (AvgIpc) is 3.15. The SMILES string of the molecule is CCC1=C(c2ccccc2)C(=O)N(C(C)(C)C(=O)C2CCCC2)CO1. The molecule has 134 valence electrons. The van der Waals surface area contributed by atoms with E-state index in [1.54, 1.807) is 4.90 Å². The zero-order chi connectivity index (χ0) is 18.0. The maximum Gasteiger partial charge on any atom is 0.261 e. The minimum Gasteiger partial charge on any atom is -0.476 e. The van der Waals surface area contributed by atoms with Gasteiger partial charge in [0.1, 0.15) is 5.76 Å². The molecule has 1 aliphatic heterocycles. The van der Waals surface area contributed by atoms with Crippen LogP contribution in [0.2, 0.25) is 0 Å². The first-order valence-corrected chi connectivity index (χ1v) is 9.24. The van der Waals surface area contributed by atoms with Crippen molar-refractivity contribution in [2.24, 2.45) is 5.92 Å². The minimum absolute atomic E-state index is 0.0690. The van der Waals surface area contributed by atoms with E-state index in [2.05, 4.69) is 0 Å². The Morgan fingerprint density at radius 1 is 1.20 bits per heavy atom. The van der Waals surface area contributed by atoms with Crippen molar-refractivity contribution in [3.8, 4) is 0 Å². The van der Waals surface area contributed by atoms with E-state index in [4.69, 9.17) is 4.74 Å². The first-order valence-electron chi connectivity index (χ1n) is 9.24. The molecule has 25 heavy (non-hydrogen) atoms. The molecule has 0 saturated heterocycles. The lowest BCUT2D eigenvalue weighted by atomic mass is 9.85. The summed E-state index contributed by atoms with van der Waals surface area (Å²) in [6, 6.07) is 9.59. The van der Waals surface area contributed by atoms with E-state index < -0.39 is 5.54 Å². The summed E-state index contributed by atoms with van der Waals surface area (Å²) in [4.78, 5) is 27.9. The summed E-state index contributed by atoms with van der Waals surface area (Å²) in [6.07, 6.45) is 4.73. The van der Waals surface area contributed by atoms with Crippen molar-refractivity contribution in [2.75, 3.05) is 6.73 Å². The fourth-order valence-electron chi connectivity index (χ4n) is 3.93. The molecule has 0 unspecified atom stereocenters. The molecule has 2 aliphatic rings. The first kappa shape index (κ1) is 17.7. The number of carbonyl (C=O) groups excluding carboxylic acids is 2. The maximum absolute atomic E-state index is 13.3. The van der Waals surface area contributed by atoms with Crippen LogP contribution in [-0.4, -0.2) is 28.9 Å². The largest absolute Gasteiger partial charge is 0.476 e. The Balaban J connectivity index is 1.93. The molecule has 0 spiro atoms. The van der Waals surface area contributed by atoms with Crippen molar-refractivity contribution in [1.29, 1.82) is 0 Å². The van der Waals surface area contributed by atoms with E-state index in [0.717, 1.165) is 31.2 Å². The molecule has 0 aromatic heterocycles. The van der Waals surface area contributed by atoms with Gasteiger partial charge in [-0.1, -0.05) is 50.1 Å². The molecular weight excluding hydrogens is 314 g/mol. The minimum atomic E-state index is -0.856. The molecule has 1 fully saturated rings. The fourth-order valence-corrected chi connectivity index (χ4v) is 3.93. The highest BCUT2D eigenvalue weighted by atomic mass is 16.5. The first-order chi connectivity index (χ1) is 12.0. The quantitative estimate of drug-likeness (QED) is 0.808. The van der Waals surface area contributed by atoms with E-state index in [9.17, 15) is 9.59 Å². The molecule has 1 aromatic carbocycles. The lowest BCUT2D eigenvalue weighted by molar-refractivity contribution is -0.150. The molecule has 4 nitrogen and oxygen atoms in total. The molecule has 1 heterocycles. The lowest BCUT2D eigenvalue weighted by Gasteiger charge is -2.41. The number of nitrogens with zero attached hydrogens (tertiary/aromatic N) is 1. The van der Waals surface area contributed by atoms with Gasteiger partial charge in [0.2, 0.25) is 0 Å². The van der Waals surface area contributed by atoms with E-state index >= 15 is 0 Å². The Kier molecular flexibility index (Phi) is 4.98. The van der Waals surface area contributed by atoms with Gasteiger partial charge < -0.3 is 4.74 Å². The zero-order valence-electron chi connectivity index (χ0n) is 15.4. The Hall–Kier alpha value is -2.10. The van der Waals surface area contributed by atoms with Crippen LogP contribution in [0.25, 0.3) is 5.57 Å². The molecule has 1 amide bonds. The molecule has 1 aliphatic carbocycles. The standard InChI is InChI=1S/C21H27NO3/c1-4-17-18(15-10-6-5-7-11-15)20(24)22(14-25-17)21(2,3)19(23)16-12-8-9-13-16/h5-7,10-11,16H,4,8-9,12-14H2,1-3H3. The van der Waals surface area contributed by atoms with Crippen LogP contribution in [0.1, 0.15) is 58.4 Å². The Bertz CT molecular complexity index is 684. The topological polar surface area (TPSA) is 46.6 Å². The zero-order valence-corrected chi connectivity index (χ0v) is 15.4. The molecule has 0 bridgehead atoms. The predicted octanol–water partition coefficient (Wildman–Crippen LogP) is 4.16. The molecule has 0 radical (unpaired) electrons. The number of allylic oxidation sites excluding steroid dienone is 1. The molecule has 0 N–H and O–H groups in total. The van der Waals surface area contributed by atoms with Crippen LogP contribution in [0.4, 0.5) is 0 Å². The normalized spacial score (nSPS) is 19.3. The molecule has 1 aromatic rings. The number of rotatable bonds is 5. The number of hydrogen-bond donors (Lipinski definition) is 0. The monoisotopic (exact) mass is 341 g/mol. The number of amides is 1. The summed E-state index contributed by atoms with van der Waals surface area (Å²) >= 11 is 0. The van der Waals surface area contributed by atoms with Gasteiger partial charge in [-0.25, -0.2) is 0 Å². The second-order valence-electron chi connectivity index (χ2n) is 7.43. The third-order valence-electron chi connectivity index (χ3n) is 5.49. The fraction of sp³-hybridized carbons (Fsp3) is 0.524. The van der Waals surface area contributed by atoms with Gasteiger partial charge in [-0.15, -0.1) is 0 Å². The molecular formula is C21H27NO3. The van der Waals surface area contributed by atoms with Crippen LogP contribution in [-0.2, 0) is 14.3 Å². The Morgan fingerprint density at radius 3 is 2.44 bits per heavy atom. The van der Waals surface area contributed by atoms with Gasteiger partial charge in [0.25, 0.3) is 5.91 Å². The van der Waals surface area contributed by atoms with Crippen LogP contribution in [0.5, 0.6) is 0 Å². The second-order valence-corrected chi connectivity index (χ2v) is 7.43.